The maximum absolute atomic E-state index is 13.8. The first-order valence-electron chi connectivity index (χ1n) is 13.3. The number of amides is 1. The number of fused-ring (bicyclic) bond motifs is 4. The van der Waals surface area contributed by atoms with Crippen molar-refractivity contribution in [3.05, 3.63) is 85.8 Å². The van der Waals surface area contributed by atoms with E-state index in [-0.39, 0.29) is 29.7 Å². The van der Waals surface area contributed by atoms with Crippen LogP contribution in [0.4, 0.5) is 0 Å². The Balaban J connectivity index is 1.42. The van der Waals surface area contributed by atoms with Crippen LogP contribution in [0.25, 0.3) is 0 Å². The molecule has 214 valence electrons. The van der Waals surface area contributed by atoms with E-state index in [9.17, 15) is 34.8 Å². The highest BCUT2D eigenvalue weighted by molar-refractivity contribution is 6.33. The maximum atomic E-state index is 13.8. The van der Waals surface area contributed by atoms with Gasteiger partial charge >= 0.3 is 0 Å². The molecule has 0 saturated heterocycles. The molecule has 11 heteroatoms. The summed E-state index contributed by atoms with van der Waals surface area (Å²) in [7, 11) is 3.18. The number of benzene rings is 2. The Morgan fingerprint density at radius 1 is 1.15 bits per heavy atom. The molecule has 1 amide bonds. The van der Waals surface area contributed by atoms with E-state index in [2.05, 4.69) is 17.0 Å². The van der Waals surface area contributed by atoms with Crippen LogP contribution in [0.1, 0.15) is 39.0 Å². The van der Waals surface area contributed by atoms with E-state index in [1.807, 2.05) is 12.1 Å². The molecule has 0 fully saturated rings. The lowest BCUT2D eigenvalue weighted by atomic mass is 9.58. The number of rotatable bonds is 4. The van der Waals surface area contributed by atoms with E-state index in [1.165, 1.54) is 22.1 Å². The van der Waals surface area contributed by atoms with Gasteiger partial charge in [0.2, 0.25) is 5.78 Å². The van der Waals surface area contributed by atoms with Crippen LogP contribution >= 0.6 is 11.6 Å². The van der Waals surface area contributed by atoms with E-state index < -0.39 is 58.0 Å². The molecule has 0 spiro atoms. The van der Waals surface area contributed by atoms with Crippen LogP contribution in [0.3, 0.4) is 0 Å². The molecular weight excluding hydrogens is 550 g/mol. The number of allylic oxidation sites excluding steroid dienone is 1. The first-order chi connectivity index (χ1) is 19.4. The van der Waals surface area contributed by atoms with Gasteiger partial charge in [-0.2, -0.15) is 0 Å². The van der Waals surface area contributed by atoms with Gasteiger partial charge in [-0.05, 0) is 61.2 Å². The summed E-state index contributed by atoms with van der Waals surface area (Å²) in [5.41, 5.74) is 5.07. The first-order valence-corrected chi connectivity index (χ1v) is 13.7. The summed E-state index contributed by atoms with van der Waals surface area (Å²) in [6, 6.07) is 8.51. The molecule has 0 aromatic heterocycles. The average molecular weight is 580 g/mol. The molecule has 4 atom stereocenters. The molecule has 6 rings (SSSR count). The monoisotopic (exact) mass is 579 g/mol. The third-order valence-corrected chi connectivity index (χ3v) is 9.50. The summed E-state index contributed by atoms with van der Waals surface area (Å²) >= 11 is 6.89. The normalized spacial score (nSPS) is 27.6. The Labute approximate surface area is 240 Å². The highest BCUT2D eigenvalue weighted by atomic mass is 35.5. The van der Waals surface area contributed by atoms with Gasteiger partial charge in [0.05, 0.1) is 11.6 Å². The number of phenols is 1. The number of hydrogen-bond donors (Lipinski definition) is 5. The SMILES string of the molecule is CN(C)[C@@H]1C(O)=C(C(N)=O)C(=O)[C@@]2(O)C(O)=C3C(=O)c4c(O)cc(CN5Cc6ccccc6C5)c(Cl)c4C[C@H]3C[C@@H]12. The largest absolute Gasteiger partial charge is 0.510 e. The van der Waals surface area contributed by atoms with E-state index in [4.69, 9.17) is 17.3 Å². The number of aliphatic hydroxyl groups is 3. The number of Topliss-reactive ketones (excluding diaryl/α,β-unsaturated/α-hetero) is 2. The lowest BCUT2D eigenvalue weighted by Crippen LogP contribution is -2.63. The van der Waals surface area contributed by atoms with Gasteiger partial charge in [-0.25, -0.2) is 0 Å². The van der Waals surface area contributed by atoms with Crippen molar-refractivity contribution in [1.29, 1.82) is 0 Å². The van der Waals surface area contributed by atoms with Gasteiger partial charge < -0.3 is 26.2 Å². The summed E-state index contributed by atoms with van der Waals surface area (Å²) in [5.74, 6) is -6.87. The molecule has 0 unspecified atom stereocenters. The molecule has 41 heavy (non-hydrogen) atoms. The number of likely N-dealkylation sites (N-methyl/N-ethyl adjacent to an activating group) is 1. The third kappa shape index (κ3) is 3.85. The van der Waals surface area contributed by atoms with Crippen molar-refractivity contribution in [3.63, 3.8) is 0 Å². The number of primary amides is 1. The van der Waals surface area contributed by atoms with E-state index in [0.717, 1.165) is 13.1 Å². The van der Waals surface area contributed by atoms with Crippen molar-refractivity contribution in [1.82, 2.24) is 9.80 Å². The molecule has 10 nitrogen and oxygen atoms in total. The topological polar surface area (TPSA) is 165 Å². The number of ketones is 2. The van der Waals surface area contributed by atoms with Gasteiger partial charge in [0.15, 0.2) is 11.4 Å². The quantitative estimate of drug-likeness (QED) is 0.342. The van der Waals surface area contributed by atoms with Crippen molar-refractivity contribution in [3.8, 4) is 5.75 Å². The second-order valence-electron chi connectivity index (χ2n) is 11.6. The summed E-state index contributed by atoms with van der Waals surface area (Å²) < 4.78 is 0. The summed E-state index contributed by atoms with van der Waals surface area (Å²) in [6.07, 6.45) is 0.156. The minimum Gasteiger partial charge on any atom is -0.510 e. The first kappa shape index (κ1) is 27.5. The molecule has 0 saturated carbocycles. The lowest BCUT2D eigenvalue weighted by molar-refractivity contribution is -0.148. The van der Waals surface area contributed by atoms with Crippen LogP contribution in [-0.2, 0) is 35.6 Å². The molecule has 1 aliphatic heterocycles. The standard InChI is InChI=1S/C30H30ClN3O7/c1-33(2)24-18-8-15-7-17-21(25(36)20(15)27(38)30(18,41)28(39)22(26(24)37)29(32)40)19(35)9-16(23(17)31)12-34-10-13-5-3-4-6-14(13)11-34/h3-6,9,15,18,24,35,37-38,41H,7-8,10-12H2,1-2H3,(H2,32,40)/t15-,18-,24-,30-/m0/s1. The van der Waals surface area contributed by atoms with Crippen LogP contribution in [0, 0.1) is 11.8 Å². The Kier molecular flexibility index (Phi) is 6.31. The predicted octanol–water partition coefficient (Wildman–Crippen LogP) is 2.29. The highest BCUT2D eigenvalue weighted by Crippen LogP contribution is 2.53. The van der Waals surface area contributed by atoms with Gasteiger partial charge in [-0.15, -0.1) is 0 Å². The molecule has 0 radical (unpaired) electrons. The zero-order valence-corrected chi connectivity index (χ0v) is 23.3. The zero-order valence-electron chi connectivity index (χ0n) is 22.5. The fourth-order valence-electron chi connectivity index (χ4n) is 7.23. The van der Waals surface area contributed by atoms with Gasteiger partial charge in [-0.3, -0.25) is 24.2 Å². The fraction of sp³-hybridized carbons (Fsp3) is 0.367. The Morgan fingerprint density at radius 3 is 2.37 bits per heavy atom. The second kappa shape index (κ2) is 9.42. The van der Waals surface area contributed by atoms with Crippen molar-refractivity contribution in [2.45, 2.75) is 44.1 Å². The summed E-state index contributed by atoms with van der Waals surface area (Å²) in [6.45, 7) is 1.88. The van der Waals surface area contributed by atoms with E-state index in [0.29, 0.717) is 22.7 Å². The number of carbonyl (C=O) groups is 3. The van der Waals surface area contributed by atoms with Crippen LogP contribution in [0.15, 0.2) is 53.0 Å². The van der Waals surface area contributed by atoms with Gasteiger partial charge in [0.25, 0.3) is 5.91 Å². The zero-order chi connectivity index (χ0) is 29.5. The number of nitrogens with zero attached hydrogens (tertiary/aromatic N) is 2. The minimum atomic E-state index is -2.67. The summed E-state index contributed by atoms with van der Waals surface area (Å²) in [4.78, 5) is 43.0. The molecule has 1 heterocycles. The molecule has 4 aliphatic rings. The van der Waals surface area contributed by atoms with Crippen LogP contribution < -0.4 is 5.73 Å². The lowest BCUT2D eigenvalue weighted by Gasteiger charge is -2.50. The van der Waals surface area contributed by atoms with Crippen LogP contribution in [0.2, 0.25) is 5.02 Å². The fourth-order valence-corrected chi connectivity index (χ4v) is 7.51. The molecular formula is C30H30ClN3O7. The smallest absolute Gasteiger partial charge is 0.255 e. The number of aromatic hydroxyl groups is 1. The molecule has 2 aromatic carbocycles. The third-order valence-electron chi connectivity index (χ3n) is 9.03. The number of nitrogens with two attached hydrogens (primary N) is 1. The van der Waals surface area contributed by atoms with Crippen molar-refractivity contribution in [2.24, 2.45) is 17.6 Å². The van der Waals surface area contributed by atoms with E-state index >= 15 is 0 Å². The summed E-state index contributed by atoms with van der Waals surface area (Å²) in [5, 5.41) is 45.4. The van der Waals surface area contributed by atoms with Gasteiger partial charge in [-0.1, -0.05) is 35.9 Å². The predicted molar refractivity (Wildman–Crippen MR) is 148 cm³/mol. The Morgan fingerprint density at radius 2 is 1.78 bits per heavy atom. The molecule has 2 aromatic rings. The number of aliphatic hydroxyl groups excluding tert-OH is 2. The van der Waals surface area contributed by atoms with Crippen molar-refractivity contribution >= 4 is 29.1 Å². The highest BCUT2D eigenvalue weighted by Gasteiger charge is 2.63. The van der Waals surface area contributed by atoms with Gasteiger partial charge in [0.1, 0.15) is 22.8 Å². The number of phenolic OH excluding ortho intramolecular Hbond substituents is 1. The van der Waals surface area contributed by atoms with Gasteiger partial charge in [0, 0.05) is 36.1 Å². The van der Waals surface area contributed by atoms with Crippen molar-refractivity contribution < 1.29 is 34.8 Å². The molecule has 6 N–H and O–H groups in total. The average Bonchev–Trinajstić information content (AvgIpc) is 3.31. The Bertz CT molecular complexity index is 1590. The molecule has 0 bridgehead atoms. The number of halogens is 1. The van der Waals surface area contributed by atoms with E-state index in [1.54, 1.807) is 14.1 Å². The van der Waals surface area contributed by atoms with Crippen LogP contribution in [0.5, 0.6) is 5.75 Å². The minimum absolute atomic E-state index is 0.00845. The van der Waals surface area contributed by atoms with Crippen LogP contribution in [-0.4, -0.2) is 73.4 Å². The number of carbonyl (C=O) groups excluding carboxylic acids is 3. The van der Waals surface area contributed by atoms with Crippen molar-refractivity contribution in [2.75, 3.05) is 14.1 Å². The number of hydrogen-bond acceptors (Lipinski definition) is 9. The molecule has 3 aliphatic carbocycles. The Hall–Kier alpha value is -3.70. The maximum Gasteiger partial charge on any atom is 0.255 e. The second-order valence-corrected chi connectivity index (χ2v) is 12.0.